The molecular weight excluding hydrogens is 446 g/mol. The van der Waals surface area contributed by atoms with Crippen LogP contribution in [0.4, 0.5) is 11.4 Å². The van der Waals surface area contributed by atoms with Gasteiger partial charge in [0, 0.05) is 32.0 Å². The second-order valence-electron chi connectivity index (χ2n) is 8.17. The number of amides is 2. The summed E-state index contributed by atoms with van der Waals surface area (Å²) in [6.07, 6.45) is 1.47. The summed E-state index contributed by atoms with van der Waals surface area (Å²) in [6, 6.07) is 22.6. The molecule has 2 aromatic heterocycles. The highest BCUT2D eigenvalue weighted by Gasteiger charge is 2.25. The fourth-order valence-corrected chi connectivity index (χ4v) is 4.53. The van der Waals surface area contributed by atoms with E-state index in [-0.39, 0.29) is 23.6 Å². The number of thiophene rings is 1. The van der Waals surface area contributed by atoms with E-state index in [1.165, 1.54) is 17.6 Å². The summed E-state index contributed by atoms with van der Waals surface area (Å²) in [6.45, 7) is 2.42. The monoisotopic (exact) mass is 473 g/mol. The minimum Gasteiger partial charge on any atom is -0.459 e. The molecule has 2 aromatic carbocycles. The van der Waals surface area contributed by atoms with Crippen LogP contribution in [0.3, 0.4) is 0 Å². The Bertz CT molecular complexity index is 1240. The zero-order valence-electron chi connectivity index (χ0n) is 19.4. The normalized spacial score (nSPS) is 11.6. The van der Waals surface area contributed by atoms with Crippen molar-refractivity contribution < 1.29 is 14.0 Å². The molecule has 1 unspecified atom stereocenters. The molecule has 1 N–H and O–H groups in total. The molecule has 0 aliphatic heterocycles. The van der Waals surface area contributed by atoms with Crippen molar-refractivity contribution in [2.75, 3.05) is 24.3 Å². The molecule has 4 aromatic rings. The number of nitrogens with zero attached hydrogens (tertiary/aromatic N) is 2. The smallest absolute Gasteiger partial charge is 0.291 e. The Morgan fingerprint density at radius 3 is 2.44 bits per heavy atom. The van der Waals surface area contributed by atoms with E-state index >= 15 is 0 Å². The standard InChI is InChI=1S/C27H27N3O3S/c1-19(20-9-5-4-6-10-20)30(27(32)25-12-8-16-34-25)18-21-17-22(13-14-23(21)29(2)3)28-26(31)24-11-7-15-33-24/h4-17,19H,18H2,1-3H3,(H,28,31). The Morgan fingerprint density at radius 1 is 1.00 bits per heavy atom. The topological polar surface area (TPSA) is 65.8 Å². The van der Waals surface area contributed by atoms with Crippen LogP contribution in [0.5, 0.6) is 0 Å². The van der Waals surface area contributed by atoms with Gasteiger partial charge in [-0.3, -0.25) is 9.59 Å². The van der Waals surface area contributed by atoms with Crippen LogP contribution in [0.1, 0.15) is 44.3 Å². The second kappa shape index (κ2) is 10.4. The minimum absolute atomic E-state index is 0.0268. The maximum absolute atomic E-state index is 13.6. The van der Waals surface area contributed by atoms with Crippen molar-refractivity contribution in [1.29, 1.82) is 0 Å². The lowest BCUT2D eigenvalue weighted by molar-refractivity contribution is 0.0679. The van der Waals surface area contributed by atoms with Gasteiger partial charge in [-0.25, -0.2) is 0 Å². The average Bonchev–Trinajstić information content (AvgIpc) is 3.57. The van der Waals surface area contributed by atoms with Crippen molar-refractivity contribution in [2.24, 2.45) is 0 Å². The van der Waals surface area contributed by atoms with Gasteiger partial charge in [-0.05, 0) is 59.8 Å². The van der Waals surface area contributed by atoms with Gasteiger partial charge in [-0.1, -0.05) is 36.4 Å². The molecule has 34 heavy (non-hydrogen) atoms. The van der Waals surface area contributed by atoms with Crippen molar-refractivity contribution in [1.82, 2.24) is 4.90 Å². The van der Waals surface area contributed by atoms with Crippen molar-refractivity contribution in [3.63, 3.8) is 0 Å². The molecule has 2 amide bonds. The van der Waals surface area contributed by atoms with Crippen molar-refractivity contribution in [3.8, 4) is 0 Å². The molecule has 0 saturated heterocycles. The zero-order valence-corrected chi connectivity index (χ0v) is 20.2. The predicted molar refractivity (Wildman–Crippen MR) is 136 cm³/mol. The van der Waals surface area contributed by atoms with E-state index in [1.54, 1.807) is 12.1 Å². The zero-order chi connectivity index (χ0) is 24.1. The maximum Gasteiger partial charge on any atom is 0.291 e. The minimum atomic E-state index is -0.322. The Kier molecular flexibility index (Phi) is 7.13. The number of hydrogen-bond donors (Lipinski definition) is 1. The van der Waals surface area contributed by atoms with E-state index in [0.29, 0.717) is 17.1 Å². The van der Waals surface area contributed by atoms with E-state index in [0.717, 1.165) is 16.8 Å². The Labute approximate surface area is 203 Å². The molecule has 0 saturated carbocycles. The van der Waals surface area contributed by atoms with Gasteiger partial charge in [0.25, 0.3) is 11.8 Å². The quantitative estimate of drug-likeness (QED) is 0.338. The number of benzene rings is 2. The maximum atomic E-state index is 13.6. The highest BCUT2D eigenvalue weighted by atomic mass is 32.1. The molecule has 2 heterocycles. The summed E-state index contributed by atoms with van der Waals surface area (Å²) < 4.78 is 5.21. The fraction of sp³-hybridized carbons (Fsp3) is 0.185. The van der Waals surface area contributed by atoms with Gasteiger partial charge in [0.05, 0.1) is 17.2 Å². The molecule has 6 nitrogen and oxygen atoms in total. The summed E-state index contributed by atoms with van der Waals surface area (Å²) in [7, 11) is 3.93. The number of furan rings is 1. The molecule has 0 bridgehead atoms. The number of anilines is 2. The highest BCUT2D eigenvalue weighted by molar-refractivity contribution is 7.12. The van der Waals surface area contributed by atoms with E-state index in [2.05, 4.69) is 5.32 Å². The third-order valence-electron chi connectivity index (χ3n) is 5.65. The molecule has 7 heteroatoms. The third-order valence-corrected chi connectivity index (χ3v) is 6.50. The van der Waals surface area contributed by atoms with Crippen LogP contribution in [-0.2, 0) is 6.54 Å². The molecule has 0 spiro atoms. The summed E-state index contributed by atoms with van der Waals surface area (Å²) in [5.41, 5.74) is 3.59. The first-order valence-electron chi connectivity index (χ1n) is 11.0. The highest BCUT2D eigenvalue weighted by Crippen LogP contribution is 2.30. The Hall–Kier alpha value is -3.84. The molecule has 0 fully saturated rings. The molecule has 0 aliphatic rings. The van der Waals surface area contributed by atoms with Gasteiger partial charge >= 0.3 is 0 Å². The van der Waals surface area contributed by atoms with Crippen LogP contribution in [0.15, 0.2) is 88.9 Å². The Morgan fingerprint density at radius 2 is 1.79 bits per heavy atom. The first-order chi connectivity index (χ1) is 16.4. The van der Waals surface area contributed by atoms with E-state index in [4.69, 9.17) is 4.42 Å². The molecular formula is C27H27N3O3S. The molecule has 4 rings (SSSR count). The van der Waals surface area contributed by atoms with Gasteiger partial charge in [0.2, 0.25) is 0 Å². The Balaban J connectivity index is 1.68. The van der Waals surface area contributed by atoms with Crippen LogP contribution < -0.4 is 10.2 Å². The summed E-state index contributed by atoms with van der Waals surface area (Å²) >= 11 is 1.43. The van der Waals surface area contributed by atoms with Crippen LogP contribution in [-0.4, -0.2) is 30.8 Å². The van der Waals surface area contributed by atoms with Crippen LogP contribution in [0, 0.1) is 0 Å². The lowest BCUT2D eigenvalue weighted by Crippen LogP contribution is -2.33. The van der Waals surface area contributed by atoms with Gasteiger partial charge in [0.15, 0.2) is 5.76 Å². The second-order valence-corrected chi connectivity index (χ2v) is 9.11. The summed E-state index contributed by atoms with van der Waals surface area (Å²) in [5.74, 6) is -0.107. The van der Waals surface area contributed by atoms with Crippen molar-refractivity contribution >= 4 is 34.5 Å². The number of carbonyl (C=O) groups is 2. The number of carbonyl (C=O) groups excluding carboxylic acids is 2. The average molecular weight is 474 g/mol. The van der Waals surface area contributed by atoms with Crippen molar-refractivity contribution in [2.45, 2.75) is 19.5 Å². The first kappa shape index (κ1) is 23.3. The van der Waals surface area contributed by atoms with Crippen LogP contribution >= 0.6 is 11.3 Å². The number of hydrogen-bond acceptors (Lipinski definition) is 5. The first-order valence-corrected chi connectivity index (χ1v) is 11.9. The van der Waals surface area contributed by atoms with Crippen molar-refractivity contribution in [3.05, 3.63) is 106 Å². The SMILES string of the molecule is CC(c1ccccc1)N(Cc1cc(NC(=O)c2ccco2)ccc1N(C)C)C(=O)c1cccs1. The van der Waals surface area contributed by atoms with Gasteiger partial charge in [-0.15, -0.1) is 11.3 Å². The fourth-order valence-electron chi connectivity index (χ4n) is 3.85. The molecule has 0 radical (unpaired) electrons. The number of rotatable bonds is 8. The van der Waals surface area contributed by atoms with Gasteiger partial charge in [0.1, 0.15) is 0 Å². The third kappa shape index (κ3) is 5.21. The molecule has 174 valence electrons. The summed E-state index contributed by atoms with van der Waals surface area (Å²) in [5, 5.41) is 4.80. The van der Waals surface area contributed by atoms with E-state index < -0.39 is 0 Å². The molecule has 0 aliphatic carbocycles. The van der Waals surface area contributed by atoms with E-state index in [1.807, 2.05) is 96.9 Å². The van der Waals surface area contributed by atoms with Gasteiger partial charge in [-0.2, -0.15) is 0 Å². The molecule has 1 atom stereocenters. The van der Waals surface area contributed by atoms with Crippen LogP contribution in [0.2, 0.25) is 0 Å². The number of nitrogens with one attached hydrogen (secondary N) is 1. The lowest BCUT2D eigenvalue weighted by Gasteiger charge is -2.31. The largest absolute Gasteiger partial charge is 0.459 e. The van der Waals surface area contributed by atoms with Gasteiger partial charge < -0.3 is 19.5 Å². The lowest BCUT2D eigenvalue weighted by atomic mass is 10.0. The summed E-state index contributed by atoms with van der Waals surface area (Å²) in [4.78, 5) is 30.6. The van der Waals surface area contributed by atoms with Crippen LogP contribution in [0.25, 0.3) is 0 Å². The van der Waals surface area contributed by atoms with E-state index in [9.17, 15) is 9.59 Å². The predicted octanol–water partition coefficient (Wildman–Crippen LogP) is 6.06.